The third-order valence-electron chi connectivity index (χ3n) is 3.62. The Morgan fingerprint density at radius 3 is 2.93 bits per heavy atom. The second-order valence-corrected chi connectivity index (χ2v) is 7.37. The Morgan fingerprint density at radius 1 is 1.26 bits per heavy atom. The largest absolute Gasteiger partial charge is 0.497 e. The number of carbonyl (C=O) groups is 1. The van der Waals surface area contributed by atoms with Crippen LogP contribution in [0, 0.1) is 0 Å². The highest BCUT2D eigenvalue weighted by atomic mass is 32.2. The van der Waals surface area contributed by atoms with Gasteiger partial charge in [-0.15, -0.1) is 5.10 Å². The van der Waals surface area contributed by atoms with Gasteiger partial charge in [0.1, 0.15) is 5.75 Å². The zero-order valence-corrected chi connectivity index (χ0v) is 15.8. The fraction of sp³-hybridized carbons (Fsp3) is 0.118. The fourth-order valence-electron chi connectivity index (χ4n) is 2.37. The Bertz CT molecular complexity index is 1080. The third-order valence-corrected chi connectivity index (χ3v) is 5.49. The van der Waals surface area contributed by atoms with Crippen molar-refractivity contribution in [3.05, 3.63) is 48.5 Å². The highest BCUT2D eigenvalue weighted by Gasteiger charge is 2.13. The first-order valence-electron chi connectivity index (χ1n) is 7.94. The minimum Gasteiger partial charge on any atom is -0.497 e. The molecule has 0 bridgehead atoms. The van der Waals surface area contributed by atoms with Crippen LogP contribution in [0.25, 0.3) is 15.9 Å². The fourth-order valence-corrected chi connectivity index (χ4v) is 3.93. The number of nitrogens with zero attached hydrogens (tertiary/aromatic N) is 5. The van der Waals surface area contributed by atoms with E-state index in [0.29, 0.717) is 10.3 Å². The van der Waals surface area contributed by atoms with Crippen LogP contribution in [0.1, 0.15) is 0 Å². The molecule has 2 aromatic heterocycles. The molecule has 0 fully saturated rings. The van der Waals surface area contributed by atoms with Gasteiger partial charge in [-0.25, -0.2) is 4.98 Å². The zero-order valence-electron chi connectivity index (χ0n) is 14.2. The van der Waals surface area contributed by atoms with Crippen molar-refractivity contribution in [1.29, 1.82) is 0 Å². The average molecular weight is 398 g/mol. The molecule has 0 saturated carbocycles. The summed E-state index contributed by atoms with van der Waals surface area (Å²) < 4.78 is 7.77. The Hall–Kier alpha value is -2.98. The lowest BCUT2D eigenvalue weighted by molar-refractivity contribution is -0.113. The number of thiazole rings is 1. The normalized spacial score (nSPS) is 10.9. The Morgan fingerprint density at radius 2 is 2.11 bits per heavy atom. The molecule has 4 rings (SSSR count). The van der Waals surface area contributed by atoms with Gasteiger partial charge in [-0.2, -0.15) is 4.68 Å². The number of ether oxygens (including phenoxy) is 1. The predicted octanol–water partition coefficient (Wildman–Crippen LogP) is 3.01. The molecule has 10 heteroatoms. The summed E-state index contributed by atoms with van der Waals surface area (Å²) in [6, 6.07) is 15.1. The summed E-state index contributed by atoms with van der Waals surface area (Å²) in [6.07, 6.45) is 0. The average Bonchev–Trinajstić information content (AvgIpc) is 3.32. The van der Waals surface area contributed by atoms with Crippen LogP contribution in [0.3, 0.4) is 0 Å². The van der Waals surface area contributed by atoms with Crippen LogP contribution in [0.4, 0.5) is 5.13 Å². The van der Waals surface area contributed by atoms with Crippen LogP contribution in [0.5, 0.6) is 5.75 Å². The number of fused-ring (bicyclic) bond motifs is 1. The lowest BCUT2D eigenvalue weighted by atomic mass is 10.3. The van der Waals surface area contributed by atoms with Crippen LogP contribution < -0.4 is 10.1 Å². The lowest BCUT2D eigenvalue weighted by Gasteiger charge is -2.03. The van der Waals surface area contributed by atoms with E-state index >= 15 is 0 Å². The monoisotopic (exact) mass is 398 g/mol. The highest BCUT2D eigenvalue weighted by Crippen LogP contribution is 2.29. The van der Waals surface area contributed by atoms with Gasteiger partial charge in [0.05, 0.1) is 28.8 Å². The van der Waals surface area contributed by atoms with Gasteiger partial charge in [-0.3, -0.25) is 4.79 Å². The topological polar surface area (TPSA) is 94.8 Å². The van der Waals surface area contributed by atoms with E-state index in [1.165, 1.54) is 23.1 Å². The summed E-state index contributed by atoms with van der Waals surface area (Å²) in [4.78, 5) is 16.7. The minimum atomic E-state index is -0.173. The molecular formula is C17H14N6O2S2. The second-order valence-electron chi connectivity index (χ2n) is 5.40. The first-order chi connectivity index (χ1) is 13.2. The Kier molecular flexibility index (Phi) is 4.99. The molecule has 0 unspecified atom stereocenters. The van der Waals surface area contributed by atoms with Crippen molar-refractivity contribution in [3.63, 3.8) is 0 Å². The number of anilines is 1. The van der Waals surface area contributed by atoms with Crippen LogP contribution in [-0.4, -0.2) is 44.0 Å². The smallest absolute Gasteiger partial charge is 0.236 e. The molecule has 27 heavy (non-hydrogen) atoms. The molecule has 0 aliphatic carbocycles. The number of tetrazole rings is 1. The number of nitrogens with one attached hydrogen (secondary N) is 1. The lowest BCUT2D eigenvalue weighted by Crippen LogP contribution is -2.14. The van der Waals surface area contributed by atoms with E-state index in [1.807, 2.05) is 48.5 Å². The van der Waals surface area contributed by atoms with Gasteiger partial charge in [-0.05, 0) is 34.7 Å². The van der Waals surface area contributed by atoms with Crippen molar-refractivity contribution in [2.75, 3.05) is 18.2 Å². The highest BCUT2D eigenvalue weighted by molar-refractivity contribution is 7.99. The SMILES string of the molecule is COc1ccc2sc(NC(=O)CSc3nnnn3-c3ccccc3)nc2c1. The summed E-state index contributed by atoms with van der Waals surface area (Å²) in [6.45, 7) is 0. The van der Waals surface area contributed by atoms with E-state index in [2.05, 4.69) is 25.8 Å². The molecular weight excluding hydrogens is 384 g/mol. The van der Waals surface area contributed by atoms with Gasteiger partial charge in [0.25, 0.3) is 0 Å². The van der Waals surface area contributed by atoms with Gasteiger partial charge in [-0.1, -0.05) is 41.3 Å². The van der Waals surface area contributed by atoms with E-state index in [9.17, 15) is 4.79 Å². The maximum Gasteiger partial charge on any atom is 0.236 e. The quantitative estimate of drug-likeness (QED) is 0.499. The molecule has 0 saturated heterocycles. The number of benzene rings is 2. The summed E-state index contributed by atoms with van der Waals surface area (Å²) in [7, 11) is 1.61. The van der Waals surface area contributed by atoms with Crippen molar-refractivity contribution in [2.45, 2.75) is 5.16 Å². The van der Waals surface area contributed by atoms with Crippen LogP contribution in [0.15, 0.2) is 53.7 Å². The van der Waals surface area contributed by atoms with E-state index in [4.69, 9.17) is 4.74 Å². The number of methoxy groups -OCH3 is 1. The Balaban J connectivity index is 1.41. The van der Waals surface area contributed by atoms with Crippen molar-refractivity contribution in [3.8, 4) is 11.4 Å². The van der Waals surface area contributed by atoms with E-state index in [-0.39, 0.29) is 11.7 Å². The van der Waals surface area contributed by atoms with E-state index in [0.717, 1.165) is 21.7 Å². The molecule has 2 aromatic carbocycles. The molecule has 0 radical (unpaired) electrons. The molecule has 8 nitrogen and oxygen atoms in total. The number of carbonyl (C=O) groups excluding carboxylic acids is 1. The molecule has 0 atom stereocenters. The molecule has 136 valence electrons. The van der Waals surface area contributed by atoms with Crippen molar-refractivity contribution in [1.82, 2.24) is 25.2 Å². The van der Waals surface area contributed by atoms with Gasteiger partial charge in [0.2, 0.25) is 11.1 Å². The Labute approximate surface area is 162 Å². The zero-order chi connectivity index (χ0) is 18.6. The van der Waals surface area contributed by atoms with Crippen molar-refractivity contribution >= 4 is 44.4 Å². The number of hydrogen-bond acceptors (Lipinski definition) is 8. The van der Waals surface area contributed by atoms with Crippen LogP contribution in [-0.2, 0) is 4.79 Å². The summed E-state index contributed by atoms with van der Waals surface area (Å²) in [5.74, 6) is 0.731. The molecule has 0 aliphatic heterocycles. The molecule has 4 aromatic rings. The number of amides is 1. The first-order valence-corrected chi connectivity index (χ1v) is 9.74. The molecule has 0 aliphatic rings. The van der Waals surface area contributed by atoms with Crippen LogP contribution in [0.2, 0.25) is 0 Å². The summed E-state index contributed by atoms with van der Waals surface area (Å²) in [5.41, 5.74) is 1.63. The van der Waals surface area contributed by atoms with E-state index in [1.54, 1.807) is 11.8 Å². The first kappa shape index (κ1) is 17.4. The van der Waals surface area contributed by atoms with Gasteiger partial charge in [0, 0.05) is 6.07 Å². The van der Waals surface area contributed by atoms with Gasteiger partial charge < -0.3 is 10.1 Å². The minimum absolute atomic E-state index is 0.173. The molecule has 2 heterocycles. The predicted molar refractivity (Wildman–Crippen MR) is 105 cm³/mol. The van der Waals surface area contributed by atoms with Crippen LogP contribution >= 0.6 is 23.1 Å². The van der Waals surface area contributed by atoms with Crippen molar-refractivity contribution < 1.29 is 9.53 Å². The molecule has 1 N–H and O–H groups in total. The maximum absolute atomic E-state index is 12.3. The number of thioether (sulfide) groups is 1. The van der Waals surface area contributed by atoms with E-state index < -0.39 is 0 Å². The van der Waals surface area contributed by atoms with Gasteiger partial charge >= 0.3 is 0 Å². The second kappa shape index (κ2) is 7.72. The van der Waals surface area contributed by atoms with Crippen molar-refractivity contribution in [2.24, 2.45) is 0 Å². The summed E-state index contributed by atoms with van der Waals surface area (Å²) >= 11 is 2.68. The molecule has 0 spiro atoms. The number of rotatable bonds is 6. The third kappa shape index (κ3) is 3.91. The summed E-state index contributed by atoms with van der Waals surface area (Å²) in [5, 5.41) is 15.6. The number of aromatic nitrogens is 5. The maximum atomic E-state index is 12.3. The number of para-hydroxylation sites is 1. The molecule has 1 amide bonds. The van der Waals surface area contributed by atoms with Gasteiger partial charge in [0.15, 0.2) is 5.13 Å². The standard InChI is InChI=1S/C17H14N6O2S2/c1-25-12-7-8-14-13(9-12)18-16(27-14)19-15(24)10-26-17-20-21-22-23(17)11-5-3-2-4-6-11/h2-9H,10H2,1H3,(H,18,19,24). The number of hydrogen-bond donors (Lipinski definition) is 1.